The first-order valence-electron chi connectivity index (χ1n) is 4.74. The van der Waals surface area contributed by atoms with Crippen LogP contribution < -0.4 is 5.73 Å². The second-order valence-electron chi connectivity index (χ2n) is 3.48. The van der Waals surface area contributed by atoms with Crippen molar-refractivity contribution in [3.63, 3.8) is 0 Å². The van der Waals surface area contributed by atoms with Crippen LogP contribution in [-0.2, 0) is 0 Å². The van der Waals surface area contributed by atoms with E-state index in [0.717, 1.165) is 0 Å². The standard InChI is InChI=1S/C11H10ClFN2O/c1-6(14)11-15-5-10(16-11)7-2-3-9(13)8(12)4-7/h2-6H,14H2,1H3. The van der Waals surface area contributed by atoms with E-state index in [-0.39, 0.29) is 11.1 Å². The third-order valence-electron chi connectivity index (χ3n) is 2.12. The second-order valence-corrected chi connectivity index (χ2v) is 3.89. The third-order valence-corrected chi connectivity index (χ3v) is 2.41. The normalized spacial score (nSPS) is 12.8. The van der Waals surface area contributed by atoms with Crippen LogP contribution >= 0.6 is 11.6 Å². The summed E-state index contributed by atoms with van der Waals surface area (Å²) >= 11 is 5.67. The first kappa shape index (κ1) is 11.1. The van der Waals surface area contributed by atoms with Crippen LogP contribution in [0.2, 0.25) is 5.02 Å². The van der Waals surface area contributed by atoms with Crippen LogP contribution in [0.4, 0.5) is 4.39 Å². The summed E-state index contributed by atoms with van der Waals surface area (Å²) in [6.07, 6.45) is 1.54. The molecule has 0 spiro atoms. The Balaban J connectivity index is 2.39. The van der Waals surface area contributed by atoms with E-state index in [4.69, 9.17) is 21.8 Å². The molecule has 0 radical (unpaired) electrons. The Hall–Kier alpha value is -1.39. The van der Waals surface area contributed by atoms with E-state index >= 15 is 0 Å². The maximum atomic E-state index is 12.9. The molecule has 1 unspecified atom stereocenters. The molecule has 0 saturated carbocycles. The average Bonchev–Trinajstić information content (AvgIpc) is 2.71. The molecule has 0 fully saturated rings. The van der Waals surface area contributed by atoms with E-state index in [1.807, 2.05) is 0 Å². The van der Waals surface area contributed by atoms with Gasteiger partial charge in [-0.25, -0.2) is 9.37 Å². The molecule has 1 atom stereocenters. The van der Waals surface area contributed by atoms with Crippen molar-refractivity contribution in [2.75, 3.05) is 0 Å². The number of nitrogens with zero attached hydrogens (tertiary/aromatic N) is 1. The largest absolute Gasteiger partial charge is 0.439 e. The molecule has 1 aromatic heterocycles. The van der Waals surface area contributed by atoms with Gasteiger partial charge in [-0.1, -0.05) is 11.6 Å². The maximum absolute atomic E-state index is 12.9. The summed E-state index contributed by atoms with van der Waals surface area (Å²) in [5, 5.41) is 0.0521. The first-order valence-corrected chi connectivity index (χ1v) is 5.12. The van der Waals surface area contributed by atoms with Gasteiger partial charge in [-0.3, -0.25) is 0 Å². The van der Waals surface area contributed by atoms with Gasteiger partial charge in [-0.15, -0.1) is 0 Å². The Morgan fingerprint density at radius 2 is 2.25 bits per heavy atom. The van der Waals surface area contributed by atoms with Gasteiger partial charge in [0, 0.05) is 5.56 Å². The Bertz CT molecular complexity index is 510. The minimum atomic E-state index is -0.461. The molecular formula is C11H10ClFN2O. The summed E-state index contributed by atoms with van der Waals surface area (Å²) < 4.78 is 18.4. The Labute approximate surface area is 97.0 Å². The van der Waals surface area contributed by atoms with Gasteiger partial charge in [0.1, 0.15) is 5.82 Å². The van der Waals surface area contributed by atoms with Gasteiger partial charge in [0.2, 0.25) is 5.89 Å². The lowest BCUT2D eigenvalue weighted by molar-refractivity contribution is 0.473. The van der Waals surface area contributed by atoms with E-state index in [2.05, 4.69) is 4.98 Å². The van der Waals surface area contributed by atoms with Crippen molar-refractivity contribution < 1.29 is 8.81 Å². The van der Waals surface area contributed by atoms with Crippen molar-refractivity contribution in [1.29, 1.82) is 0 Å². The van der Waals surface area contributed by atoms with Gasteiger partial charge in [0.25, 0.3) is 0 Å². The highest BCUT2D eigenvalue weighted by molar-refractivity contribution is 6.31. The molecule has 0 saturated heterocycles. The zero-order chi connectivity index (χ0) is 11.7. The molecule has 0 aliphatic carbocycles. The summed E-state index contributed by atoms with van der Waals surface area (Å²) in [6, 6.07) is 4.07. The number of nitrogens with two attached hydrogens (primary N) is 1. The molecule has 0 amide bonds. The monoisotopic (exact) mass is 240 g/mol. The quantitative estimate of drug-likeness (QED) is 0.877. The number of benzene rings is 1. The fourth-order valence-corrected chi connectivity index (χ4v) is 1.46. The van der Waals surface area contributed by atoms with Crippen LogP contribution in [0.25, 0.3) is 11.3 Å². The molecule has 0 bridgehead atoms. The molecule has 0 aliphatic rings. The lowest BCUT2D eigenvalue weighted by Crippen LogP contribution is -2.04. The van der Waals surface area contributed by atoms with Crippen molar-refractivity contribution >= 4 is 11.6 Å². The predicted octanol–water partition coefficient (Wildman–Crippen LogP) is 3.15. The number of oxazole rings is 1. The minimum absolute atomic E-state index is 0.0521. The lowest BCUT2D eigenvalue weighted by atomic mass is 10.2. The summed E-state index contributed by atoms with van der Waals surface area (Å²) in [5.74, 6) is 0.502. The van der Waals surface area contributed by atoms with E-state index in [1.165, 1.54) is 12.1 Å². The van der Waals surface area contributed by atoms with Gasteiger partial charge in [0.05, 0.1) is 17.3 Å². The first-order chi connectivity index (χ1) is 7.58. The maximum Gasteiger partial charge on any atom is 0.211 e. The van der Waals surface area contributed by atoms with Gasteiger partial charge < -0.3 is 10.2 Å². The van der Waals surface area contributed by atoms with Crippen molar-refractivity contribution in [3.8, 4) is 11.3 Å². The number of halogens is 2. The Kier molecular flexibility index (Phi) is 2.94. The molecule has 1 heterocycles. The number of aromatic nitrogens is 1. The predicted molar refractivity (Wildman–Crippen MR) is 59.5 cm³/mol. The summed E-state index contributed by atoms with van der Waals surface area (Å²) in [7, 11) is 0. The number of rotatable bonds is 2. The van der Waals surface area contributed by atoms with Gasteiger partial charge in [-0.05, 0) is 25.1 Å². The summed E-state index contributed by atoms with van der Waals surface area (Å²) in [5.41, 5.74) is 6.29. The van der Waals surface area contributed by atoms with Crippen LogP contribution in [0.5, 0.6) is 0 Å². The zero-order valence-electron chi connectivity index (χ0n) is 8.58. The van der Waals surface area contributed by atoms with Gasteiger partial charge in [0.15, 0.2) is 5.76 Å². The van der Waals surface area contributed by atoms with Crippen LogP contribution in [0, 0.1) is 5.82 Å². The number of hydrogen-bond acceptors (Lipinski definition) is 3. The molecule has 2 rings (SSSR count). The van der Waals surface area contributed by atoms with Crippen LogP contribution in [0.1, 0.15) is 18.9 Å². The van der Waals surface area contributed by atoms with E-state index < -0.39 is 5.82 Å². The van der Waals surface area contributed by atoms with Crippen molar-refractivity contribution in [3.05, 3.63) is 41.1 Å². The third kappa shape index (κ3) is 2.08. The van der Waals surface area contributed by atoms with Gasteiger partial charge >= 0.3 is 0 Å². The molecule has 2 N–H and O–H groups in total. The zero-order valence-corrected chi connectivity index (χ0v) is 9.33. The smallest absolute Gasteiger partial charge is 0.211 e. The lowest BCUT2D eigenvalue weighted by Gasteiger charge is -1.99. The highest BCUT2D eigenvalue weighted by atomic mass is 35.5. The molecule has 0 aliphatic heterocycles. The average molecular weight is 241 g/mol. The molecule has 5 heteroatoms. The van der Waals surface area contributed by atoms with Crippen molar-refractivity contribution in [2.24, 2.45) is 5.73 Å². The summed E-state index contributed by atoms with van der Waals surface area (Å²) in [4.78, 5) is 4.02. The molecule has 1 aromatic carbocycles. The summed E-state index contributed by atoms with van der Waals surface area (Å²) in [6.45, 7) is 1.77. The van der Waals surface area contributed by atoms with E-state index in [1.54, 1.807) is 19.2 Å². The Morgan fingerprint density at radius 3 is 2.81 bits per heavy atom. The SMILES string of the molecule is CC(N)c1ncc(-c2ccc(F)c(Cl)c2)o1. The van der Waals surface area contributed by atoms with Crippen molar-refractivity contribution in [2.45, 2.75) is 13.0 Å². The highest BCUT2D eigenvalue weighted by Gasteiger charge is 2.10. The van der Waals surface area contributed by atoms with Crippen molar-refractivity contribution in [1.82, 2.24) is 4.98 Å². The molecule has 16 heavy (non-hydrogen) atoms. The minimum Gasteiger partial charge on any atom is -0.439 e. The molecule has 2 aromatic rings. The van der Waals surface area contributed by atoms with Crippen LogP contribution in [-0.4, -0.2) is 4.98 Å². The van der Waals surface area contributed by atoms with E-state index in [9.17, 15) is 4.39 Å². The molecule has 84 valence electrons. The highest BCUT2D eigenvalue weighted by Crippen LogP contribution is 2.26. The second kappa shape index (κ2) is 4.23. The van der Waals surface area contributed by atoms with Crippen LogP contribution in [0.3, 0.4) is 0 Å². The fraction of sp³-hybridized carbons (Fsp3) is 0.182. The van der Waals surface area contributed by atoms with E-state index in [0.29, 0.717) is 17.2 Å². The molecular weight excluding hydrogens is 231 g/mol. The topological polar surface area (TPSA) is 52.0 Å². The fourth-order valence-electron chi connectivity index (χ4n) is 1.28. The number of hydrogen-bond donors (Lipinski definition) is 1. The molecule has 3 nitrogen and oxygen atoms in total. The van der Waals surface area contributed by atoms with Crippen LogP contribution in [0.15, 0.2) is 28.8 Å². The Morgan fingerprint density at radius 1 is 1.50 bits per heavy atom. The van der Waals surface area contributed by atoms with Gasteiger partial charge in [-0.2, -0.15) is 0 Å².